The van der Waals surface area contributed by atoms with E-state index in [1.165, 1.54) is 6.33 Å². The van der Waals surface area contributed by atoms with E-state index in [1.807, 2.05) is 13.8 Å². The molecule has 0 amide bonds. The van der Waals surface area contributed by atoms with E-state index in [0.29, 0.717) is 18.2 Å². The average molecular weight is 291 g/mol. The molecule has 0 aromatic carbocycles. The molecule has 114 valence electrons. The lowest BCUT2D eigenvalue weighted by molar-refractivity contribution is 0.388. The highest BCUT2D eigenvalue weighted by Gasteiger charge is 2.16. The molecule has 7 heteroatoms. The minimum absolute atomic E-state index is 0.285. The standard InChI is InChI=1S/C14H21N5O2/c1-8(12-9(2)19-21-10(12)3)5-16-6-11-13(15)17-7-18-14(11)20-4/h7-8,16H,5-6H2,1-4H3,(H2,15,17,18)/t8-/m0/s1. The normalized spacial score (nSPS) is 12.4. The molecule has 2 rings (SSSR count). The second-order valence-corrected chi connectivity index (χ2v) is 5.02. The first kappa shape index (κ1) is 15.2. The van der Waals surface area contributed by atoms with Crippen molar-refractivity contribution in [1.29, 1.82) is 0 Å². The lowest BCUT2D eigenvalue weighted by atomic mass is 9.99. The van der Waals surface area contributed by atoms with Gasteiger partial charge >= 0.3 is 0 Å². The maximum Gasteiger partial charge on any atom is 0.222 e. The Kier molecular flexibility index (Phi) is 4.74. The van der Waals surface area contributed by atoms with Crippen LogP contribution in [0.4, 0.5) is 5.82 Å². The Bertz CT molecular complexity index is 592. The minimum Gasteiger partial charge on any atom is -0.481 e. The molecule has 3 N–H and O–H groups in total. The molecule has 2 heterocycles. The van der Waals surface area contributed by atoms with E-state index >= 15 is 0 Å². The second kappa shape index (κ2) is 6.53. The molecule has 0 bridgehead atoms. The van der Waals surface area contributed by atoms with Crippen LogP contribution in [0, 0.1) is 13.8 Å². The Balaban J connectivity index is 1.99. The fraction of sp³-hybridized carbons (Fsp3) is 0.500. The Morgan fingerprint density at radius 3 is 2.76 bits per heavy atom. The molecule has 0 unspecified atom stereocenters. The van der Waals surface area contributed by atoms with Gasteiger partial charge < -0.3 is 20.3 Å². The van der Waals surface area contributed by atoms with E-state index in [-0.39, 0.29) is 5.92 Å². The van der Waals surface area contributed by atoms with Crippen molar-refractivity contribution in [3.05, 3.63) is 28.9 Å². The van der Waals surface area contributed by atoms with Gasteiger partial charge in [0, 0.05) is 18.7 Å². The van der Waals surface area contributed by atoms with Crippen LogP contribution < -0.4 is 15.8 Å². The van der Waals surface area contributed by atoms with Gasteiger partial charge in [-0.25, -0.2) is 9.97 Å². The lowest BCUT2D eigenvalue weighted by Gasteiger charge is -2.14. The highest BCUT2D eigenvalue weighted by molar-refractivity contribution is 5.44. The van der Waals surface area contributed by atoms with Crippen molar-refractivity contribution >= 4 is 5.82 Å². The van der Waals surface area contributed by atoms with Gasteiger partial charge in [-0.3, -0.25) is 0 Å². The zero-order valence-electron chi connectivity index (χ0n) is 12.8. The van der Waals surface area contributed by atoms with E-state index in [9.17, 15) is 0 Å². The maximum atomic E-state index is 5.86. The molecule has 1 atom stereocenters. The number of aryl methyl sites for hydroxylation is 2. The molecule has 0 radical (unpaired) electrons. The molecule has 0 saturated heterocycles. The van der Waals surface area contributed by atoms with E-state index in [0.717, 1.165) is 29.1 Å². The number of ether oxygens (including phenoxy) is 1. The van der Waals surface area contributed by atoms with Crippen molar-refractivity contribution in [2.75, 3.05) is 19.4 Å². The zero-order valence-corrected chi connectivity index (χ0v) is 12.8. The first-order valence-electron chi connectivity index (χ1n) is 6.81. The maximum absolute atomic E-state index is 5.86. The van der Waals surface area contributed by atoms with Gasteiger partial charge in [0.25, 0.3) is 0 Å². The fourth-order valence-electron chi connectivity index (χ4n) is 2.46. The van der Waals surface area contributed by atoms with E-state index in [4.69, 9.17) is 15.0 Å². The number of nitrogens with zero attached hydrogens (tertiary/aromatic N) is 3. The summed E-state index contributed by atoms with van der Waals surface area (Å²) in [5, 5.41) is 7.33. The minimum atomic E-state index is 0.285. The highest BCUT2D eigenvalue weighted by atomic mass is 16.5. The molecule has 0 saturated carbocycles. The van der Waals surface area contributed by atoms with Crippen molar-refractivity contribution in [3.8, 4) is 5.88 Å². The monoisotopic (exact) mass is 291 g/mol. The summed E-state index contributed by atoms with van der Waals surface area (Å²) in [5.74, 6) is 2.08. The molecule has 21 heavy (non-hydrogen) atoms. The SMILES string of the molecule is COc1ncnc(N)c1CNC[C@H](C)c1c(C)noc1C. The topological polar surface area (TPSA) is 99.1 Å². The van der Waals surface area contributed by atoms with Gasteiger partial charge in [0.1, 0.15) is 17.9 Å². The summed E-state index contributed by atoms with van der Waals surface area (Å²) >= 11 is 0. The third-order valence-corrected chi connectivity index (χ3v) is 3.47. The Labute approximate surface area is 123 Å². The Morgan fingerprint density at radius 1 is 1.38 bits per heavy atom. The summed E-state index contributed by atoms with van der Waals surface area (Å²) < 4.78 is 10.4. The third-order valence-electron chi connectivity index (χ3n) is 3.47. The summed E-state index contributed by atoms with van der Waals surface area (Å²) in [5.41, 5.74) is 8.71. The van der Waals surface area contributed by atoms with Crippen LogP contribution in [-0.2, 0) is 6.54 Å². The first-order chi connectivity index (χ1) is 10.0. The summed E-state index contributed by atoms with van der Waals surface area (Å²) in [6, 6.07) is 0. The van der Waals surface area contributed by atoms with Crippen LogP contribution in [0.5, 0.6) is 5.88 Å². The molecule has 0 fully saturated rings. The van der Waals surface area contributed by atoms with E-state index in [2.05, 4.69) is 27.4 Å². The quantitative estimate of drug-likeness (QED) is 0.833. The van der Waals surface area contributed by atoms with Crippen LogP contribution in [-0.4, -0.2) is 28.8 Å². The lowest BCUT2D eigenvalue weighted by Crippen LogP contribution is -2.21. The smallest absolute Gasteiger partial charge is 0.222 e. The molecule has 2 aromatic rings. The fourth-order valence-corrected chi connectivity index (χ4v) is 2.46. The van der Waals surface area contributed by atoms with Gasteiger partial charge in [0.05, 0.1) is 18.4 Å². The number of nitrogens with one attached hydrogen (secondary N) is 1. The number of anilines is 1. The van der Waals surface area contributed by atoms with Crippen molar-refractivity contribution < 1.29 is 9.26 Å². The number of rotatable bonds is 6. The zero-order chi connectivity index (χ0) is 15.4. The number of methoxy groups -OCH3 is 1. The van der Waals surface area contributed by atoms with Gasteiger partial charge in [0.2, 0.25) is 5.88 Å². The summed E-state index contributed by atoms with van der Waals surface area (Å²) in [6.45, 7) is 7.32. The third kappa shape index (κ3) is 3.30. The molecule has 0 aliphatic carbocycles. The predicted octanol–water partition coefficient (Wildman–Crippen LogP) is 1.57. The van der Waals surface area contributed by atoms with Crippen LogP contribution in [0.15, 0.2) is 10.9 Å². The molecular formula is C14H21N5O2. The number of hydrogen-bond acceptors (Lipinski definition) is 7. The van der Waals surface area contributed by atoms with E-state index in [1.54, 1.807) is 7.11 Å². The molecule has 0 aliphatic rings. The number of nitrogen functional groups attached to an aromatic ring is 1. The van der Waals surface area contributed by atoms with Crippen molar-refractivity contribution in [2.45, 2.75) is 33.2 Å². The van der Waals surface area contributed by atoms with Gasteiger partial charge in [-0.1, -0.05) is 12.1 Å². The number of hydrogen-bond donors (Lipinski definition) is 2. The van der Waals surface area contributed by atoms with Crippen LogP contribution in [0.2, 0.25) is 0 Å². The average Bonchev–Trinajstić information content (AvgIpc) is 2.79. The van der Waals surface area contributed by atoms with Crippen LogP contribution in [0.3, 0.4) is 0 Å². The molecular weight excluding hydrogens is 270 g/mol. The van der Waals surface area contributed by atoms with Crippen LogP contribution in [0.1, 0.15) is 35.4 Å². The molecule has 2 aromatic heterocycles. The van der Waals surface area contributed by atoms with Crippen LogP contribution in [0.25, 0.3) is 0 Å². The number of aromatic nitrogens is 3. The second-order valence-electron chi connectivity index (χ2n) is 5.02. The van der Waals surface area contributed by atoms with Crippen molar-refractivity contribution in [3.63, 3.8) is 0 Å². The van der Waals surface area contributed by atoms with Gasteiger partial charge in [-0.15, -0.1) is 0 Å². The Hall–Kier alpha value is -2.15. The van der Waals surface area contributed by atoms with Gasteiger partial charge in [0.15, 0.2) is 0 Å². The summed E-state index contributed by atoms with van der Waals surface area (Å²) in [6.07, 6.45) is 1.39. The largest absolute Gasteiger partial charge is 0.481 e. The summed E-state index contributed by atoms with van der Waals surface area (Å²) in [7, 11) is 1.57. The molecule has 7 nitrogen and oxygen atoms in total. The molecule has 0 spiro atoms. The highest BCUT2D eigenvalue weighted by Crippen LogP contribution is 2.23. The first-order valence-corrected chi connectivity index (χ1v) is 6.81. The van der Waals surface area contributed by atoms with E-state index < -0.39 is 0 Å². The van der Waals surface area contributed by atoms with Crippen molar-refractivity contribution in [2.24, 2.45) is 0 Å². The van der Waals surface area contributed by atoms with Crippen molar-refractivity contribution in [1.82, 2.24) is 20.4 Å². The van der Waals surface area contributed by atoms with Crippen LogP contribution >= 0.6 is 0 Å². The predicted molar refractivity (Wildman–Crippen MR) is 79.1 cm³/mol. The molecule has 0 aliphatic heterocycles. The van der Waals surface area contributed by atoms with Gasteiger partial charge in [-0.2, -0.15) is 0 Å². The summed E-state index contributed by atoms with van der Waals surface area (Å²) in [4.78, 5) is 8.04. The number of nitrogens with two attached hydrogens (primary N) is 1. The van der Waals surface area contributed by atoms with Gasteiger partial charge in [-0.05, 0) is 19.8 Å². The Morgan fingerprint density at radius 2 is 2.14 bits per heavy atom.